The standard InChI is InChI=1S/C12H12ClNO2/c1-7(14)6-9-11(13)8-4-2-3-5-10(8)16-12(9)15/h2-5,7H,6,14H2,1H3. The zero-order valence-corrected chi connectivity index (χ0v) is 9.62. The zero-order chi connectivity index (χ0) is 11.7. The van der Waals surface area contributed by atoms with Gasteiger partial charge in [-0.2, -0.15) is 0 Å². The molecule has 4 heteroatoms. The van der Waals surface area contributed by atoms with Crippen LogP contribution in [0.2, 0.25) is 5.02 Å². The molecule has 1 atom stereocenters. The molecule has 1 aromatic heterocycles. The van der Waals surface area contributed by atoms with Gasteiger partial charge in [0.05, 0.1) is 10.6 Å². The first-order valence-corrected chi connectivity index (χ1v) is 5.43. The maximum Gasteiger partial charge on any atom is 0.341 e. The van der Waals surface area contributed by atoms with E-state index < -0.39 is 5.63 Å². The Morgan fingerprint density at radius 2 is 2.12 bits per heavy atom. The second-order valence-electron chi connectivity index (χ2n) is 3.86. The van der Waals surface area contributed by atoms with E-state index in [0.29, 0.717) is 22.6 Å². The fourth-order valence-electron chi connectivity index (χ4n) is 1.65. The van der Waals surface area contributed by atoms with Gasteiger partial charge in [0.2, 0.25) is 0 Å². The van der Waals surface area contributed by atoms with Gasteiger partial charge in [-0.25, -0.2) is 4.79 Å². The van der Waals surface area contributed by atoms with E-state index in [1.165, 1.54) is 0 Å². The van der Waals surface area contributed by atoms with Crippen molar-refractivity contribution in [3.8, 4) is 0 Å². The van der Waals surface area contributed by atoms with E-state index in [2.05, 4.69) is 0 Å². The summed E-state index contributed by atoms with van der Waals surface area (Å²) in [6.07, 6.45) is 0.423. The molecule has 2 rings (SSSR count). The molecule has 0 saturated carbocycles. The van der Waals surface area contributed by atoms with Gasteiger partial charge in [0.1, 0.15) is 5.58 Å². The molecule has 1 heterocycles. The Kier molecular flexibility index (Phi) is 2.99. The van der Waals surface area contributed by atoms with Crippen molar-refractivity contribution in [1.29, 1.82) is 0 Å². The maximum atomic E-state index is 11.7. The minimum absolute atomic E-state index is 0.124. The first-order chi connectivity index (χ1) is 7.59. The Morgan fingerprint density at radius 1 is 1.44 bits per heavy atom. The molecular formula is C12H12ClNO2. The van der Waals surface area contributed by atoms with Crippen LogP contribution in [0.1, 0.15) is 12.5 Å². The molecule has 2 N–H and O–H groups in total. The monoisotopic (exact) mass is 237 g/mol. The Labute approximate surface area is 97.8 Å². The highest BCUT2D eigenvalue weighted by Gasteiger charge is 2.13. The van der Waals surface area contributed by atoms with E-state index in [4.69, 9.17) is 21.8 Å². The van der Waals surface area contributed by atoms with Gasteiger partial charge in [0, 0.05) is 11.4 Å². The smallest absolute Gasteiger partial charge is 0.341 e. The number of benzene rings is 1. The average molecular weight is 238 g/mol. The molecule has 0 amide bonds. The summed E-state index contributed by atoms with van der Waals surface area (Å²) in [7, 11) is 0. The number of halogens is 1. The van der Waals surface area contributed by atoms with Crippen molar-refractivity contribution >= 4 is 22.6 Å². The highest BCUT2D eigenvalue weighted by Crippen LogP contribution is 2.25. The summed E-state index contributed by atoms with van der Waals surface area (Å²) < 4.78 is 5.18. The fraction of sp³-hybridized carbons (Fsp3) is 0.250. The summed E-state index contributed by atoms with van der Waals surface area (Å²) in [5, 5.41) is 1.20. The molecule has 84 valence electrons. The predicted molar refractivity (Wildman–Crippen MR) is 64.8 cm³/mol. The highest BCUT2D eigenvalue weighted by atomic mass is 35.5. The van der Waals surface area contributed by atoms with Gasteiger partial charge in [0.25, 0.3) is 0 Å². The molecule has 1 aromatic carbocycles. The van der Waals surface area contributed by atoms with Gasteiger partial charge < -0.3 is 10.2 Å². The van der Waals surface area contributed by atoms with Crippen LogP contribution in [0.25, 0.3) is 11.0 Å². The SMILES string of the molecule is CC(N)Cc1c(Cl)c2ccccc2oc1=O. The lowest BCUT2D eigenvalue weighted by Crippen LogP contribution is -2.22. The number of para-hydroxylation sites is 1. The van der Waals surface area contributed by atoms with Gasteiger partial charge in [-0.05, 0) is 25.5 Å². The van der Waals surface area contributed by atoms with Gasteiger partial charge in [-0.15, -0.1) is 0 Å². The van der Waals surface area contributed by atoms with Crippen molar-refractivity contribution in [3.63, 3.8) is 0 Å². The highest BCUT2D eigenvalue weighted by molar-refractivity contribution is 6.35. The second kappa shape index (κ2) is 4.28. The molecule has 0 aliphatic carbocycles. The quantitative estimate of drug-likeness (QED) is 0.816. The van der Waals surface area contributed by atoms with Crippen LogP contribution in [0, 0.1) is 0 Å². The molecular weight excluding hydrogens is 226 g/mol. The van der Waals surface area contributed by atoms with Crippen molar-refractivity contribution < 1.29 is 4.42 Å². The van der Waals surface area contributed by atoms with Crippen LogP contribution in [0.3, 0.4) is 0 Å². The lowest BCUT2D eigenvalue weighted by Gasteiger charge is -2.07. The Balaban J connectivity index is 2.71. The van der Waals surface area contributed by atoms with Crippen molar-refractivity contribution in [1.82, 2.24) is 0 Å². The Hall–Kier alpha value is -1.32. The van der Waals surface area contributed by atoms with E-state index in [1.54, 1.807) is 12.1 Å². The minimum atomic E-state index is -0.402. The molecule has 0 bridgehead atoms. The molecule has 2 aromatic rings. The minimum Gasteiger partial charge on any atom is -0.422 e. The third kappa shape index (κ3) is 1.96. The summed E-state index contributed by atoms with van der Waals surface area (Å²) >= 11 is 6.18. The van der Waals surface area contributed by atoms with Crippen molar-refractivity contribution in [3.05, 3.63) is 45.3 Å². The van der Waals surface area contributed by atoms with Crippen molar-refractivity contribution in [2.75, 3.05) is 0 Å². The van der Waals surface area contributed by atoms with Crippen LogP contribution in [-0.4, -0.2) is 6.04 Å². The first kappa shape index (κ1) is 11.2. The van der Waals surface area contributed by atoms with E-state index in [-0.39, 0.29) is 6.04 Å². The van der Waals surface area contributed by atoms with Gasteiger partial charge >= 0.3 is 5.63 Å². The van der Waals surface area contributed by atoms with Crippen LogP contribution in [0.5, 0.6) is 0 Å². The Morgan fingerprint density at radius 3 is 2.81 bits per heavy atom. The molecule has 3 nitrogen and oxygen atoms in total. The Bertz CT molecular complexity index is 575. The third-order valence-corrected chi connectivity index (χ3v) is 2.80. The van der Waals surface area contributed by atoms with E-state index in [1.807, 2.05) is 19.1 Å². The number of nitrogens with two attached hydrogens (primary N) is 1. The third-order valence-electron chi connectivity index (χ3n) is 2.36. The predicted octanol–water partition coefficient (Wildman–Crippen LogP) is 2.34. The second-order valence-corrected chi connectivity index (χ2v) is 4.24. The molecule has 0 saturated heterocycles. The molecule has 0 aliphatic heterocycles. The van der Waals surface area contributed by atoms with E-state index in [0.717, 1.165) is 5.39 Å². The van der Waals surface area contributed by atoms with E-state index >= 15 is 0 Å². The summed E-state index contributed by atoms with van der Waals surface area (Å²) in [5.41, 5.74) is 6.22. The number of hydrogen-bond acceptors (Lipinski definition) is 3. The van der Waals surface area contributed by atoms with Gasteiger partial charge in [-0.3, -0.25) is 0 Å². The van der Waals surface area contributed by atoms with Gasteiger partial charge in [-0.1, -0.05) is 23.7 Å². The topological polar surface area (TPSA) is 56.2 Å². The summed E-state index contributed by atoms with van der Waals surface area (Å²) in [6.45, 7) is 1.82. The lowest BCUT2D eigenvalue weighted by molar-refractivity contribution is 0.544. The summed E-state index contributed by atoms with van der Waals surface area (Å²) in [5.74, 6) is 0. The zero-order valence-electron chi connectivity index (χ0n) is 8.87. The van der Waals surface area contributed by atoms with Crippen LogP contribution < -0.4 is 11.4 Å². The average Bonchev–Trinajstić information content (AvgIpc) is 2.24. The lowest BCUT2D eigenvalue weighted by atomic mass is 10.1. The van der Waals surface area contributed by atoms with Crippen molar-refractivity contribution in [2.24, 2.45) is 5.73 Å². The first-order valence-electron chi connectivity index (χ1n) is 5.05. The summed E-state index contributed by atoms with van der Waals surface area (Å²) in [4.78, 5) is 11.7. The molecule has 0 spiro atoms. The molecule has 0 fully saturated rings. The molecule has 0 radical (unpaired) electrons. The van der Waals surface area contributed by atoms with Gasteiger partial charge in [0.15, 0.2) is 0 Å². The largest absolute Gasteiger partial charge is 0.422 e. The van der Waals surface area contributed by atoms with Crippen LogP contribution in [-0.2, 0) is 6.42 Å². The van der Waals surface area contributed by atoms with Crippen LogP contribution >= 0.6 is 11.6 Å². The number of fused-ring (bicyclic) bond motifs is 1. The number of rotatable bonds is 2. The van der Waals surface area contributed by atoms with E-state index in [9.17, 15) is 4.79 Å². The van der Waals surface area contributed by atoms with Crippen LogP contribution in [0.15, 0.2) is 33.5 Å². The maximum absolute atomic E-state index is 11.7. The number of hydrogen-bond donors (Lipinski definition) is 1. The normalized spacial score (nSPS) is 12.9. The molecule has 1 unspecified atom stereocenters. The fourth-order valence-corrected chi connectivity index (χ4v) is 1.96. The van der Waals surface area contributed by atoms with Crippen molar-refractivity contribution in [2.45, 2.75) is 19.4 Å². The van der Waals surface area contributed by atoms with Crippen LogP contribution in [0.4, 0.5) is 0 Å². The molecule has 16 heavy (non-hydrogen) atoms. The molecule has 0 aliphatic rings. The summed E-state index contributed by atoms with van der Waals surface area (Å²) in [6, 6.07) is 7.07.